The topological polar surface area (TPSA) is 70.0 Å². The lowest BCUT2D eigenvalue weighted by Gasteiger charge is -2.08. The molecule has 2 aromatic rings. The van der Waals surface area contributed by atoms with Gasteiger partial charge in [0.05, 0.1) is 22.2 Å². The van der Waals surface area contributed by atoms with E-state index in [4.69, 9.17) is 5.26 Å². The van der Waals surface area contributed by atoms with Crippen LogP contribution in [0.4, 0.5) is 10.1 Å². The van der Waals surface area contributed by atoms with Gasteiger partial charge in [0.25, 0.3) is 10.0 Å². The van der Waals surface area contributed by atoms with Crippen LogP contribution >= 0.6 is 0 Å². The van der Waals surface area contributed by atoms with E-state index < -0.39 is 15.8 Å². The smallest absolute Gasteiger partial charge is 0.261 e. The predicted octanol–water partition coefficient (Wildman–Crippen LogP) is 2.81. The maximum Gasteiger partial charge on any atom is 0.261 e. The molecule has 0 aliphatic rings. The summed E-state index contributed by atoms with van der Waals surface area (Å²) in [6.45, 7) is 1.59. The molecule has 0 aromatic heterocycles. The molecular weight excluding hydrogens is 279 g/mol. The van der Waals surface area contributed by atoms with Crippen molar-refractivity contribution in [3.8, 4) is 6.07 Å². The molecule has 0 aliphatic heterocycles. The molecule has 2 rings (SSSR count). The number of benzene rings is 2. The van der Waals surface area contributed by atoms with Crippen LogP contribution in [-0.4, -0.2) is 8.42 Å². The van der Waals surface area contributed by atoms with Crippen LogP contribution in [0.25, 0.3) is 0 Å². The highest BCUT2D eigenvalue weighted by atomic mass is 32.2. The first kappa shape index (κ1) is 14.0. The minimum atomic E-state index is -3.79. The van der Waals surface area contributed by atoms with Gasteiger partial charge in [-0.2, -0.15) is 5.26 Å². The van der Waals surface area contributed by atoms with Crippen LogP contribution in [0.15, 0.2) is 47.4 Å². The number of aryl methyl sites for hydroxylation is 1. The van der Waals surface area contributed by atoms with Crippen molar-refractivity contribution in [2.45, 2.75) is 11.8 Å². The summed E-state index contributed by atoms with van der Waals surface area (Å²) in [6.07, 6.45) is 0. The minimum Gasteiger partial charge on any atom is -0.280 e. The van der Waals surface area contributed by atoms with Gasteiger partial charge in [-0.05, 0) is 48.9 Å². The molecule has 2 aromatic carbocycles. The number of anilines is 1. The van der Waals surface area contributed by atoms with Gasteiger partial charge in [-0.15, -0.1) is 0 Å². The van der Waals surface area contributed by atoms with E-state index in [2.05, 4.69) is 4.72 Å². The van der Waals surface area contributed by atoms with Crippen molar-refractivity contribution in [2.75, 3.05) is 4.72 Å². The fraction of sp³-hybridized carbons (Fsp3) is 0.0714. The normalized spacial score (nSPS) is 10.8. The zero-order chi connectivity index (χ0) is 14.8. The van der Waals surface area contributed by atoms with Crippen molar-refractivity contribution in [1.82, 2.24) is 0 Å². The molecule has 0 atom stereocenters. The van der Waals surface area contributed by atoms with Crippen LogP contribution in [0.2, 0.25) is 0 Å². The van der Waals surface area contributed by atoms with E-state index in [1.54, 1.807) is 6.92 Å². The Kier molecular flexibility index (Phi) is 3.72. The van der Waals surface area contributed by atoms with Crippen molar-refractivity contribution in [1.29, 1.82) is 5.26 Å². The minimum absolute atomic E-state index is 0.0116. The monoisotopic (exact) mass is 290 g/mol. The van der Waals surface area contributed by atoms with Crippen molar-refractivity contribution in [3.63, 3.8) is 0 Å². The number of hydrogen-bond acceptors (Lipinski definition) is 3. The summed E-state index contributed by atoms with van der Waals surface area (Å²) < 4.78 is 39.8. The van der Waals surface area contributed by atoms with Crippen LogP contribution in [0.1, 0.15) is 11.1 Å². The average molecular weight is 290 g/mol. The first-order valence-electron chi connectivity index (χ1n) is 5.71. The summed E-state index contributed by atoms with van der Waals surface area (Å²) in [5, 5.41) is 8.67. The Balaban J connectivity index is 2.30. The first-order chi connectivity index (χ1) is 9.42. The lowest BCUT2D eigenvalue weighted by Crippen LogP contribution is -2.13. The molecule has 20 heavy (non-hydrogen) atoms. The van der Waals surface area contributed by atoms with E-state index in [0.717, 1.165) is 6.07 Å². The van der Waals surface area contributed by atoms with E-state index in [9.17, 15) is 12.8 Å². The highest BCUT2D eigenvalue weighted by Gasteiger charge is 2.14. The number of halogens is 1. The molecule has 0 aliphatic carbocycles. The Morgan fingerprint density at radius 1 is 1.15 bits per heavy atom. The molecule has 0 amide bonds. The van der Waals surface area contributed by atoms with Crippen molar-refractivity contribution < 1.29 is 12.8 Å². The molecule has 0 bridgehead atoms. The quantitative estimate of drug-likeness (QED) is 0.945. The lowest BCUT2D eigenvalue weighted by atomic mass is 10.2. The predicted molar refractivity (Wildman–Crippen MR) is 73.1 cm³/mol. The molecule has 0 radical (unpaired) electrons. The molecule has 0 fully saturated rings. The number of rotatable bonds is 3. The van der Waals surface area contributed by atoms with Gasteiger partial charge in [-0.3, -0.25) is 4.72 Å². The number of hydrogen-bond donors (Lipinski definition) is 1. The van der Waals surface area contributed by atoms with Crippen molar-refractivity contribution >= 4 is 15.7 Å². The molecule has 6 heteroatoms. The van der Waals surface area contributed by atoms with Gasteiger partial charge < -0.3 is 0 Å². The van der Waals surface area contributed by atoms with Crippen LogP contribution in [0, 0.1) is 24.1 Å². The standard InChI is InChI=1S/C14H11FN2O2S/c1-10-2-5-12(8-14(10)15)17-20(18,19)13-6-3-11(9-16)4-7-13/h2-8,17H,1H3. The largest absolute Gasteiger partial charge is 0.280 e. The highest BCUT2D eigenvalue weighted by molar-refractivity contribution is 7.92. The van der Waals surface area contributed by atoms with E-state index in [-0.39, 0.29) is 10.6 Å². The Bertz CT molecular complexity index is 778. The summed E-state index contributed by atoms with van der Waals surface area (Å²) >= 11 is 0. The third-order valence-corrected chi connectivity index (χ3v) is 4.11. The van der Waals surface area contributed by atoms with Gasteiger partial charge in [0.15, 0.2) is 0 Å². The van der Waals surface area contributed by atoms with Crippen LogP contribution < -0.4 is 4.72 Å². The van der Waals surface area contributed by atoms with Crippen molar-refractivity contribution in [2.24, 2.45) is 0 Å². The Morgan fingerprint density at radius 3 is 2.35 bits per heavy atom. The molecular formula is C14H11FN2O2S. The van der Waals surface area contributed by atoms with Gasteiger partial charge in [0.1, 0.15) is 5.82 Å². The number of sulfonamides is 1. The number of nitrogens with one attached hydrogen (secondary N) is 1. The summed E-state index contributed by atoms with van der Waals surface area (Å²) in [5.41, 5.74) is 0.953. The second kappa shape index (κ2) is 5.31. The highest BCUT2D eigenvalue weighted by Crippen LogP contribution is 2.18. The van der Waals surface area contributed by atoms with Gasteiger partial charge >= 0.3 is 0 Å². The second-order valence-corrected chi connectivity index (χ2v) is 5.89. The molecule has 0 spiro atoms. The van der Waals surface area contributed by atoms with E-state index in [1.807, 2.05) is 6.07 Å². The third-order valence-electron chi connectivity index (χ3n) is 2.72. The van der Waals surface area contributed by atoms with Crippen LogP contribution in [0.5, 0.6) is 0 Å². The number of nitrogens with zero attached hydrogens (tertiary/aromatic N) is 1. The lowest BCUT2D eigenvalue weighted by molar-refractivity contribution is 0.601. The van der Waals surface area contributed by atoms with Gasteiger partial charge in [0.2, 0.25) is 0 Å². The molecule has 1 N–H and O–H groups in total. The fourth-order valence-corrected chi connectivity index (χ4v) is 2.63. The molecule has 0 unspecified atom stereocenters. The second-order valence-electron chi connectivity index (χ2n) is 4.21. The zero-order valence-electron chi connectivity index (χ0n) is 10.6. The molecule has 0 saturated heterocycles. The van der Waals surface area contributed by atoms with Gasteiger partial charge in [-0.25, -0.2) is 12.8 Å². The fourth-order valence-electron chi connectivity index (χ4n) is 1.58. The van der Waals surface area contributed by atoms with Crippen molar-refractivity contribution in [3.05, 3.63) is 59.4 Å². The maximum atomic E-state index is 13.4. The summed E-state index contributed by atoms with van der Waals surface area (Å²) in [6, 6.07) is 11.5. The molecule has 4 nitrogen and oxygen atoms in total. The van der Waals surface area contributed by atoms with Crippen LogP contribution in [0.3, 0.4) is 0 Å². The molecule has 0 saturated carbocycles. The van der Waals surface area contributed by atoms with E-state index >= 15 is 0 Å². The molecule has 102 valence electrons. The van der Waals surface area contributed by atoms with Crippen LogP contribution in [-0.2, 0) is 10.0 Å². The Hall–Kier alpha value is -2.39. The third kappa shape index (κ3) is 2.95. The number of nitriles is 1. The van der Waals surface area contributed by atoms with E-state index in [1.165, 1.54) is 36.4 Å². The first-order valence-corrected chi connectivity index (χ1v) is 7.20. The summed E-state index contributed by atoms with van der Waals surface area (Å²) in [4.78, 5) is 0.0116. The summed E-state index contributed by atoms with van der Waals surface area (Å²) in [5.74, 6) is -0.481. The Labute approximate surface area is 116 Å². The zero-order valence-corrected chi connectivity index (χ0v) is 11.4. The maximum absolute atomic E-state index is 13.4. The van der Waals surface area contributed by atoms with Gasteiger partial charge in [0, 0.05) is 0 Å². The summed E-state index contributed by atoms with van der Waals surface area (Å²) in [7, 11) is -3.79. The van der Waals surface area contributed by atoms with E-state index in [0.29, 0.717) is 11.1 Å². The van der Waals surface area contributed by atoms with Gasteiger partial charge in [-0.1, -0.05) is 6.07 Å². The molecule has 0 heterocycles. The Morgan fingerprint density at radius 2 is 1.80 bits per heavy atom. The SMILES string of the molecule is Cc1ccc(NS(=O)(=O)c2ccc(C#N)cc2)cc1F. The average Bonchev–Trinajstić information content (AvgIpc) is 2.43.